The van der Waals surface area contributed by atoms with Crippen molar-refractivity contribution >= 4 is 13.6 Å². The van der Waals surface area contributed by atoms with Crippen LogP contribution < -0.4 is 0 Å². The summed E-state index contributed by atoms with van der Waals surface area (Å²) in [5, 5.41) is 0. The molecule has 0 amide bonds. The summed E-state index contributed by atoms with van der Waals surface area (Å²) in [6.07, 6.45) is 0. The summed E-state index contributed by atoms with van der Waals surface area (Å²) < 4.78 is 31.2. The number of hydrogen-bond donors (Lipinski definition) is 0. The van der Waals surface area contributed by atoms with E-state index in [1.165, 1.54) is 14.2 Å². The Morgan fingerprint density at radius 1 is 1.20 bits per heavy atom. The second kappa shape index (κ2) is 6.95. The lowest BCUT2D eigenvalue weighted by Crippen LogP contribution is -2.26. The summed E-state index contributed by atoms with van der Waals surface area (Å²) in [4.78, 5) is 11.3. The van der Waals surface area contributed by atoms with Gasteiger partial charge in [-0.15, -0.1) is 0 Å². The molecule has 90 valence electrons. The number of esters is 1. The first kappa shape index (κ1) is 14.6. The first-order valence-electron chi connectivity index (χ1n) is 4.55. The molecule has 0 aliphatic rings. The third kappa shape index (κ3) is 3.91. The standard InChI is InChI=1S/C8H17O6P/c1-5-13-15(10,14-6-2)8(12-4)7(9)11-3/h8H,5-6H2,1-4H3/t8-/m0/s1. The maximum Gasteiger partial charge on any atom is 0.370 e. The summed E-state index contributed by atoms with van der Waals surface area (Å²) >= 11 is 0. The first-order valence-corrected chi connectivity index (χ1v) is 6.16. The number of carbonyl (C=O) groups is 1. The highest BCUT2D eigenvalue weighted by Gasteiger charge is 2.42. The van der Waals surface area contributed by atoms with Crippen molar-refractivity contribution in [3.8, 4) is 0 Å². The van der Waals surface area contributed by atoms with Crippen LogP contribution in [-0.4, -0.2) is 39.2 Å². The van der Waals surface area contributed by atoms with Crippen molar-refractivity contribution in [2.24, 2.45) is 0 Å². The summed E-state index contributed by atoms with van der Waals surface area (Å²) in [6, 6.07) is 0. The van der Waals surface area contributed by atoms with Crippen LogP contribution in [0, 0.1) is 0 Å². The lowest BCUT2D eigenvalue weighted by molar-refractivity contribution is -0.148. The van der Waals surface area contributed by atoms with Gasteiger partial charge in [0.1, 0.15) is 0 Å². The Balaban J connectivity index is 4.84. The molecular formula is C8H17O6P. The Morgan fingerprint density at radius 2 is 1.67 bits per heavy atom. The van der Waals surface area contributed by atoms with Crippen molar-refractivity contribution in [2.75, 3.05) is 27.4 Å². The second-order valence-corrected chi connectivity index (χ2v) is 4.55. The van der Waals surface area contributed by atoms with Gasteiger partial charge in [-0.25, -0.2) is 4.79 Å². The smallest absolute Gasteiger partial charge is 0.370 e. The molecule has 1 atom stereocenters. The van der Waals surface area contributed by atoms with E-state index in [0.717, 1.165) is 0 Å². The largest absolute Gasteiger partial charge is 0.467 e. The predicted octanol–water partition coefficient (Wildman–Crippen LogP) is 1.40. The lowest BCUT2D eigenvalue weighted by Gasteiger charge is -2.22. The molecular weight excluding hydrogens is 223 g/mol. The molecule has 15 heavy (non-hydrogen) atoms. The minimum Gasteiger partial charge on any atom is -0.467 e. The van der Waals surface area contributed by atoms with Crippen molar-refractivity contribution < 1.29 is 27.9 Å². The summed E-state index contributed by atoms with van der Waals surface area (Å²) in [5.41, 5.74) is 0. The van der Waals surface area contributed by atoms with Crippen LogP contribution in [0.25, 0.3) is 0 Å². The number of hydrogen-bond acceptors (Lipinski definition) is 6. The highest BCUT2D eigenvalue weighted by Crippen LogP contribution is 2.53. The molecule has 0 aromatic carbocycles. The Labute approximate surface area is 89.4 Å². The van der Waals surface area contributed by atoms with E-state index in [2.05, 4.69) is 4.74 Å². The molecule has 0 aliphatic heterocycles. The Morgan fingerprint density at radius 3 is 1.93 bits per heavy atom. The monoisotopic (exact) mass is 240 g/mol. The van der Waals surface area contributed by atoms with Gasteiger partial charge in [0.2, 0.25) is 0 Å². The quantitative estimate of drug-likeness (QED) is 0.494. The maximum absolute atomic E-state index is 12.1. The molecule has 0 aromatic rings. The Kier molecular flexibility index (Phi) is 6.76. The molecule has 0 radical (unpaired) electrons. The van der Waals surface area contributed by atoms with Crippen LogP contribution in [0.5, 0.6) is 0 Å². The van der Waals surface area contributed by atoms with Gasteiger partial charge in [0.05, 0.1) is 20.3 Å². The summed E-state index contributed by atoms with van der Waals surface area (Å²) in [6.45, 7) is 3.62. The van der Waals surface area contributed by atoms with E-state index in [-0.39, 0.29) is 13.2 Å². The van der Waals surface area contributed by atoms with Crippen LogP contribution in [0.15, 0.2) is 0 Å². The fourth-order valence-electron chi connectivity index (χ4n) is 0.988. The van der Waals surface area contributed by atoms with Gasteiger partial charge in [-0.2, -0.15) is 0 Å². The Hall–Kier alpha value is -0.420. The Bertz CT molecular complexity index is 231. The number of rotatable bonds is 7. The van der Waals surface area contributed by atoms with Gasteiger partial charge in [-0.3, -0.25) is 4.57 Å². The number of ether oxygens (including phenoxy) is 2. The molecule has 0 aromatic heterocycles. The van der Waals surface area contributed by atoms with Gasteiger partial charge < -0.3 is 18.5 Å². The SMILES string of the molecule is CCOP(=O)(OCC)[C@H](OC)C(=O)OC. The van der Waals surface area contributed by atoms with Gasteiger partial charge in [0.25, 0.3) is 5.85 Å². The minimum atomic E-state index is -3.60. The number of methoxy groups -OCH3 is 2. The molecule has 0 rings (SSSR count). The lowest BCUT2D eigenvalue weighted by atomic mass is 10.7. The van der Waals surface area contributed by atoms with E-state index in [4.69, 9.17) is 13.8 Å². The molecule has 0 unspecified atom stereocenters. The maximum atomic E-state index is 12.1. The van der Waals surface area contributed by atoms with Crippen molar-refractivity contribution in [1.29, 1.82) is 0 Å². The molecule has 0 heterocycles. The third-order valence-corrected chi connectivity index (χ3v) is 3.76. The fourth-order valence-corrected chi connectivity index (χ4v) is 2.67. The van der Waals surface area contributed by atoms with Crippen molar-refractivity contribution in [3.63, 3.8) is 0 Å². The molecule has 0 fully saturated rings. The molecule has 0 N–H and O–H groups in total. The van der Waals surface area contributed by atoms with Gasteiger partial charge in [0.15, 0.2) is 0 Å². The average Bonchev–Trinajstić information content (AvgIpc) is 2.19. The highest BCUT2D eigenvalue weighted by atomic mass is 31.2. The van der Waals surface area contributed by atoms with Crippen molar-refractivity contribution in [2.45, 2.75) is 19.7 Å². The van der Waals surface area contributed by atoms with Gasteiger partial charge >= 0.3 is 13.6 Å². The van der Waals surface area contributed by atoms with Gasteiger partial charge in [-0.05, 0) is 13.8 Å². The van der Waals surface area contributed by atoms with E-state index in [1.54, 1.807) is 13.8 Å². The van der Waals surface area contributed by atoms with Crippen LogP contribution >= 0.6 is 7.60 Å². The van der Waals surface area contributed by atoms with Crippen LogP contribution in [0.4, 0.5) is 0 Å². The van der Waals surface area contributed by atoms with Crippen LogP contribution in [0.2, 0.25) is 0 Å². The topological polar surface area (TPSA) is 71.1 Å². The first-order chi connectivity index (χ1) is 7.05. The van der Waals surface area contributed by atoms with Gasteiger partial charge in [-0.1, -0.05) is 0 Å². The van der Waals surface area contributed by atoms with E-state index in [0.29, 0.717) is 0 Å². The van der Waals surface area contributed by atoms with Gasteiger partial charge in [0, 0.05) is 7.11 Å². The van der Waals surface area contributed by atoms with E-state index in [1.807, 2.05) is 0 Å². The zero-order chi connectivity index (χ0) is 11.9. The van der Waals surface area contributed by atoms with Crippen LogP contribution in [0.1, 0.15) is 13.8 Å². The molecule has 0 saturated carbocycles. The normalized spacial score (nSPS) is 13.6. The average molecular weight is 240 g/mol. The highest BCUT2D eigenvalue weighted by molar-refractivity contribution is 7.55. The molecule has 7 heteroatoms. The summed E-state index contributed by atoms with van der Waals surface area (Å²) in [7, 11) is -1.18. The zero-order valence-corrected chi connectivity index (χ0v) is 10.3. The molecule has 0 saturated heterocycles. The number of carbonyl (C=O) groups excluding carboxylic acids is 1. The predicted molar refractivity (Wildman–Crippen MR) is 53.7 cm³/mol. The molecule has 0 spiro atoms. The van der Waals surface area contributed by atoms with Crippen molar-refractivity contribution in [1.82, 2.24) is 0 Å². The van der Waals surface area contributed by atoms with Crippen molar-refractivity contribution in [3.05, 3.63) is 0 Å². The van der Waals surface area contributed by atoms with E-state index >= 15 is 0 Å². The minimum absolute atomic E-state index is 0.161. The molecule has 0 aliphatic carbocycles. The second-order valence-electron chi connectivity index (χ2n) is 2.49. The zero-order valence-electron chi connectivity index (χ0n) is 9.39. The van der Waals surface area contributed by atoms with Crippen LogP contribution in [-0.2, 0) is 27.9 Å². The fraction of sp³-hybridized carbons (Fsp3) is 0.875. The third-order valence-electron chi connectivity index (χ3n) is 1.53. The summed E-state index contributed by atoms with van der Waals surface area (Å²) in [5.74, 6) is -2.11. The molecule has 6 nitrogen and oxygen atoms in total. The van der Waals surface area contributed by atoms with E-state index in [9.17, 15) is 9.36 Å². The molecule has 0 bridgehead atoms. The van der Waals surface area contributed by atoms with Crippen LogP contribution in [0.3, 0.4) is 0 Å². The van der Waals surface area contributed by atoms with E-state index < -0.39 is 19.4 Å².